The van der Waals surface area contributed by atoms with Gasteiger partial charge in [0, 0.05) is 25.3 Å². The lowest BCUT2D eigenvalue weighted by Gasteiger charge is -2.19. The number of fused-ring (bicyclic) bond motifs is 1. The lowest BCUT2D eigenvalue weighted by atomic mass is 10.1. The molecule has 1 aromatic carbocycles. The van der Waals surface area contributed by atoms with Crippen LogP contribution >= 0.6 is 0 Å². The minimum atomic E-state index is -0.272. The zero-order valence-corrected chi connectivity index (χ0v) is 8.36. The molecule has 0 aromatic heterocycles. The van der Waals surface area contributed by atoms with Crippen molar-refractivity contribution in [2.45, 2.75) is 6.54 Å². The van der Waals surface area contributed by atoms with Gasteiger partial charge in [0.15, 0.2) is 0 Å². The molecule has 0 radical (unpaired) electrons. The lowest BCUT2D eigenvalue weighted by Crippen LogP contribution is -2.33. The first-order chi connectivity index (χ1) is 7.33. The van der Waals surface area contributed by atoms with Gasteiger partial charge in [0.05, 0.1) is 0 Å². The highest BCUT2D eigenvalue weighted by molar-refractivity contribution is 6.05. The van der Waals surface area contributed by atoms with Crippen LogP contribution in [-0.2, 0) is 11.3 Å². The van der Waals surface area contributed by atoms with E-state index in [1.54, 1.807) is 4.90 Å². The molecule has 1 heterocycles. The largest absolute Gasteiger partial charge is 0.311 e. The van der Waals surface area contributed by atoms with E-state index in [1.165, 1.54) is 0 Å². The number of hydrogen-bond donors (Lipinski definition) is 1. The van der Waals surface area contributed by atoms with Crippen LogP contribution in [0.4, 0.5) is 5.69 Å². The van der Waals surface area contributed by atoms with E-state index in [0.717, 1.165) is 24.3 Å². The molecule has 15 heavy (non-hydrogen) atoms. The average molecular weight is 200 g/mol. The average Bonchev–Trinajstić information content (AvgIpc) is 2.50. The summed E-state index contributed by atoms with van der Waals surface area (Å²) in [6.07, 6.45) is 5.15. The number of benzene rings is 1. The molecule has 0 unspecified atom stereocenters. The number of para-hydroxylation sites is 1. The number of rotatable bonds is 0. The molecule has 0 atom stereocenters. The summed E-state index contributed by atoms with van der Waals surface area (Å²) in [6, 6.07) is 7.81. The van der Waals surface area contributed by atoms with Crippen LogP contribution in [0.2, 0.25) is 0 Å². The number of amides is 1. The van der Waals surface area contributed by atoms with E-state index in [-0.39, 0.29) is 5.91 Å². The van der Waals surface area contributed by atoms with Crippen molar-refractivity contribution in [3.8, 4) is 12.3 Å². The molecule has 0 aliphatic carbocycles. The maximum Gasteiger partial charge on any atom is 0.302 e. The summed E-state index contributed by atoms with van der Waals surface area (Å²) in [5.74, 6) is 1.89. The Hall–Kier alpha value is -1.79. The Morgan fingerprint density at radius 3 is 3.07 bits per heavy atom. The fourth-order valence-electron chi connectivity index (χ4n) is 1.75. The summed E-state index contributed by atoms with van der Waals surface area (Å²) >= 11 is 0. The molecular weight excluding hydrogens is 188 g/mol. The zero-order chi connectivity index (χ0) is 10.7. The number of anilines is 1. The highest BCUT2D eigenvalue weighted by atomic mass is 16.2. The number of carbonyl (C=O) groups is 1. The Bertz CT molecular complexity index is 420. The summed E-state index contributed by atoms with van der Waals surface area (Å²) in [5.41, 5.74) is 2.03. The lowest BCUT2D eigenvalue weighted by molar-refractivity contribution is -0.113. The van der Waals surface area contributed by atoms with Gasteiger partial charge in [-0.3, -0.25) is 4.79 Å². The minimum Gasteiger partial charge on any atom is -0.311 e. The van der Waals surface area contributed by atoms with Gasteiger partial charge in [0.25, 0.3) is 0 Å². The summed E-state index contributed by atoms with van der Waals surface area (Å²) in [7, 11) is 0. The summed E-state index contributed by atoms with van der Waals surface area (Å²) < 4.78 is 0. The number of nitrogens with zero attached hydrogens (tertiary/aromatic N) is 1. The third-order valence-electron chi connectivity index (χ3n) is 2.48. The Morgan fingerprint density at radius 1 is 1.47 bits per heavy atom. The van der Waals surface area contributed by atoms with Gasteiger partial charge in [0.2, 0.25) is 0 Å². The Labute approximate surface area is 89.1 Å². The van der Waals surface area contributed by atoms with Gasteiger partial charge in [-0.25, -0.2) is 0 Å². The van der Waals surface area contributed by atoms with Crippen molar-refractivity contribution in [3.05, 3.63) is 29.8 Å². The molecule has 1 N–H and O–H groups in total. The van der Waals surface area contributed by atoms with Crippen molar-refractivity contribution in [1.29, 1.82) is 0 Å². The van der Waals surface area contributed by atoms with Crippen molar-refractivity contribution < 1.29 is 4.79 Å². The molecule has 3 nitrogen and oxygen atoms in total. The first-order valence-corrected chi connectivity index (χ1v) is 4.89. The monoisotopic (exact) mass is 200 g/mol. The highest BCUT2D eigenvalue weighted by Gasteiger charge is 2.18. The van der Waals surface area contributed by atoms with Gasteiger partial charge in [-0.1, -0.05) is 18.2 Å². The van der Waals surface area contributed by atoms with Crippen LogP contribution in [-0.4, -0.2) is 19.0 Å². The first kappa shape index (κ1) is 9.75. The third kappa shape index (κ3) is 1.85. The van der Waals surface area contributed by atoms with Crippen LogP contribution < -0.4 is 10.2 Å². The minimum absolute atomic E-state index is 0.272. The molecule has 76 valence electrons. The van der Waals surface area contributed by atoms with E-state index in [0.29, 0.717) is 6.54 Å². The second kappa shape index (κ2) is 4.16. The van der Waals surface area contributed by atoms with E-state index in [2.05, 4.69) is 11.2 Å². The van der Waals surface area contributed by atoms with E-state index in [4.69, 9.17) is 6.42 Å². The summed E-state index contributed by atoms with van der Waals surface area (Å²) in [5, 5.41) is 3.25. The molecule has 0 saturated heterocycles. The van der Waals surface area contributed by atoms with Crippen LogP contribution in [0.3, 0.4) is 0 Å². The second-order valence-corrected chi connectivity index (χ2v) is 3.41. The highest BCUT2D eigenvalue weighted by Crippen LogP contribution is 2.21. The SMILES string of the molecule is C#CC(=O)N1CCNCc2ccccc21. The van der Waals surface area contributed by atoms with Crippen molar-refractivity contribution >= 4 is 11.6 Å². The zero-order valence-electron chi connectivity index (χ0n) is 8.36. The molecule has 1 aliphatic heterocycles. The normalized spacial score (nSPS) is 15.0. The van der Waals surface area contributed by atoms with Crippen molar-refractivity contribution in [1.82, 2.24) is 5.32 Å². The number of nitrogens with one attached hydrogen (secondary N) is 1. The van der Waals surface area contributed by atoms with Crippen molar-refractivity contribution in [3.63, 3.8) is 0 Å². The standard InChI is InChI=1S/C12H12N2O/c1-2-12(15)14-8-7-13-9-10-5-3-4-6-11(10)14/h1,3-6,13H,7-9H2. The fourth-order valence-corrected chi connectivity index (χ4v) is 1.75. The second-order valence-electron chi connectivity index (χ2n) is 3.41. The van der Waals surface area contributed by atoms with Crippen molar-refractivity contribution in [2.24, 2.45) is 0 Å². The molecule has 3 heteroatoms. The topological polar surface area (TPSA) is 32.3 Å². The van der Waals surface area contributed by atoms with Gasteiger partial charge in [0.1, 0.15) is 0 Å². The predicted molar refractivity (Wildman–Crippen MR) is 59.3 cm³/mol. The molecule has 2 rings (SSSR count). The first-order valence-electron chi connectivity index (χ1n) is 4.89. The number of hydrogen-bond acceptors (Lipinski definition) is 2. The Balaban J connectivity index is 2.42. The van der Waals surface area contributed by atoms with E-state index in [1.807, 2.05) is 24.3 Å². The molecule has 0 saturated carbocycles. The fraction of sp³-hybridized carbons (Fsp3) is 0.250. The molecule has 1 amide bonds. The van der Waals surface area contributed by atoms with Gasteiger partial charge < -0.3 is 10.2 Å². The van der Waals surface area contributed by atoms with E-state index < -0.39 is 0 Å². The Morgan fingerprint density at radius 2 is 2.27 bits per heavy atom. The van der Waals surface area contributed by atoms with Gasteiger partial charge in [-0.2, -0.15) is 0 Å². The molecular formula is C12H12N2O. The maximum absolute atomic E-state index is 11.5. The van der Waals surface area contributed by atoms with Crippen LogP contribution in [0.25, 0.3) is 0 Å². The van der Waals surface area contributed by atoms with Crippen LogP contribution in [0.5, 0.6) is 0 Å². The number of carbonyl (C=O) groups excluding carboxylic acids is 1. The van der Waals surface area contributed by atoms with Crippen molar-refractivity contribution in [2.75, 3.05) is 18.0 Å². The molecule has 0 bridgehead atoms. The van der Waals surface area contributed by atoms with E-state index >= 15 is 0 Å². The predicted octanol–water partition coefficient (Wildman–Crippen LogP) is 0.756. The number of terminal acetylenes is 1. The molecule has 1 aromatic rings. The van der Waals surface area contributed by atoms with Crippen LogP contribution in [0, 0.1) is 12.3 Å². The maximum atomic E-state index is 11.5. The van der Waals surface area contributed by atoms with Crippen LogP contribution in [0.15, 0.2) is 24.3 Å². The van der Waals surface area contributed by atoms with Crippen LogP contribution in [0.1, 0.15) is 5.56 Å². The molecule has 0 spiro atoms. The van der Waals surface area contributed by atoms with E-state index in [9.17, 15) is 4.79 Å². The van der Waals surface area contributed by atoms with Gasteiger partial charge >= 0.3 is 5.91 Å². The molecule has 0 fully saturated rings. The molecule has 1 aliphatic rings. The van der Waals surface area contributed by atoms with Gasteiger partial charge in [-0.05, 0) is 17.6 Å². The smallest absolute Gasteiger partial charge is 0.302 e. The Kier molecular flexibility index (Phi) is 2.70. The third-order valence-corrected chi connectivity index (χ3v) is 2.48. The van der Waals surface area contributed by atoms with Gasteiger partial charge in [-0.15, -0.1) is 6.42 Å². The summed E-state index contributed by atoms with van der Waals surface area (Å²) in [4.78, 5) is 13.2. The quantitative estimate of drug-likeness (QED) is 0.627. The summed E-state index contributed by atoms with van der Waals surface area (Å²) in [6.45, 7) is 2.17.